The molecule has 0 unspecified atom stereocenters. The number of hydrogen-bond acceptors (Lipinski definition) is 4. The van der Waals surface area contributed by atoms with Crippen LogP contribution in [0.4, 0.5) is 5.82 Å². The molecule has 110 valence electrons. The van der Waals surface area contributed by atoms with Crippen LogP contribution in [-0.2, 0) is 4.79 Å². The quantitative estimate of drug-likeness (QED) is 0.887. The number of pyridine rings is 1. The normalized spacial score (nSPS) is 10.0. The van der Waals surface area contributed by atoms with E-state index < -0.39 is 0 Å². The SMILES string of the molecule is CCOc1ccccc1OCC(=O)Nc1cccc(C)n1. The summed E-state index contributed by atoms with van der Waals surface area (Å²) in [5.74, 6) is 1.43. The Hall–Kier alpha value is -2.56. The van der Waals surface area contributed by atoms with Crippen molar-refractivity contribution in [3.05, 3.63) is 48.2 Å². The molecule has 0 radical (unpaired) electrons. The van der Waals surface area contributed by atoms with E-state index in [-0.39, 0.29) is 12.5 Å². The molecule has 0 spiro atoms. The average molecular weight is 286 g/mol. The molecule has 0 aliphatic heterocycles. The predicted molar refractivity (Wildman–Crippen MR) is 80.7 cm³/mol. The van der Waals surface area contributed by atoms with Crippen LogP contribution in [0.3, 0.4) is 0 Å². The molecule has 0 atom stereocenters. The Morgan fingerprint density at radius 1 is 1.10 bits per heavy atom. The highest BCUT2D eigenvalue weighted by atomic mass is 16.5. The number of nitrogens with one attached hydrogen (secondary N) is 1. The van der Waals surface area contributed by atoms with E-state index in [9.17, 15) is 4.79 Å². The number of carbonyl (C=O) groups excluding carboxylic acids is 1. The molecule has 1 heterocycles. The monoisotopic (exact) mass is 286 g/mol. The van der Waals surface area contributed by atoms with Crippen molar-refractivity contribution < 1.29 is 14.3 Å². The minimum atomic E-state index is -0.264. The summed E-state index contributed by atoms with van der Waals surface area (Å²) < 4.78 is 10.9. The van der Waals surface area contributed by atoms with Gasteiger partial charge < -0.3 is 14.8 Å². The summed E-state index contributed by atoms with van der Waals surface area (Å²) in [6.07, 6.45) is 0. The van der Waals surface area contributed by atoms with E-state index in [1.54, 1.807) is 18.2 Å². The Bertz CT molecular complexity index is 614. The Kier molecular flexibility index (Phi) is 5.15. The zero-order chi connectivity index (χ0) is 15.1. The second-order valence-electron chi connectivity index (χ2n) is 4.38. The van der Waals surface area contributed by atoms with Crippen molar-refractivity contribution in [2.75, 3.05) is 18.5 Å². The molecule has 21 heavy (non-hydrogen) atoms. The molecule has 0 aliphatic rings. The molecular weight excluding hydrogens is 268 g/mol. The molecule has 1 amide bonds. The third-order valence-electron chi connectivity index (χ3n) is 2.66. The lowest BCUT2D eigenvalue weighted by Gasteiger charge is -2.11. The number of amides is 1. The molecule has 0 saturated heterocycles. The fourth-order valence-corrected chi connectivity index (χ4v) is 1.78. The Morgan fingerprint density at radius 3 is 2.48 bits per heavy atom. The minimum absolute atomic E-state index is 0.0975. The van der Waals surface area contributed by atoms with Gasteiger partial charge in [-0.05, 0) is 38.1 Å². The number of benzene rings is 1. The molecule has 1 aromatic heterocycles. The van der Waals surface area contributed by atoms with Crippen LogP contribution in [0.1, 0.15) is 12.6 Å². The van der Waals surface area contributed by atoms with Gasteiger partial charge in [0.05, 0.1) is 6.61 Å². The molecular formula is C16H18N2O3. The van der Waals surface area contributed by atoms with Crippen LogP contribution < -0.4 is 14.8 Å². The van der Waals surface area contributed by atoms with Crippen LogP contribution in [0.15, 0.2) is 42.5 Å². The largest absolute Gasteiger partial charge is 0.490 e. The second kappa shape index (κ2) is 7.28. The fourth-order valence-electron chi connectivity index (χ4n) is 1.78. The van der Waals surface area contributed by atoms with E-state index in [0.717, 1.165) is 5.69 Å². The number of rotatable bonds is 6. The van der Waals surface area contributed by atoms with Gasteiger partial charge in [0.1, 0.15) is 5.82 Å². The number of aryl methyl sites for hydroxylation is 1. The standard InChI is InChI=1S/C16H18N2O3/c1-3-20-13-8-4-5-9-14(13)21-11-16(19)18-15-10-6-7-12(2)17-15/h4-10H,3,11H2,1-2H3,(H,17,18,19). The van der Waals surface area contributed by atoms with Crippen LogP contribution in [0.25, 0.3) is 0 Å². The first-order chi connectivity index (χ1) is 10.2. The van der Waals surface area contributed by atoms with Crippen LogP contribution in [0.5, 0.6) is 11.5 Å². The predicted octanol–water partition coefficient (Wildman–Crippen LogP) is 2.81. The van der Waals surface area contributed by atoms with E-state index in [4.69, 9.17) is 9.47 Å². The van der Waals surface area contributed by atoms with Gasteiger partial charge in [0, 0.05) is 5.69 Å². The summed E-state index contributed by atoms with van der Waals surface area (Å²) in [4.78, 5) is 16.1. The summed E-state index contributed by atoms with van der Waals surface area (Å²) >= 11 is 0. The highest BCUT2D eigenvalue weighted by molar-refractivity contribution is 5.90. The molecule has 0 aliphatic carbocycles. The number of aromatic nitrogens is 1. The fraction of sp³-hybridized carbons (Fsp3) is 0.250. The van der Waals surface area contributed by atoms with Gasteiger partial charge in [-0.15, -0.1) is 0 Å². The Morgan fingerprint density at radius 2 is 1.81 bits per heavy atom. The molecule has 5 heteroatoms. The van der Waals surface area contributed by atoms with Crippen molar-refractivity contribution in [1.29, 1.82) is 0 Å². The van der Waals surface area contributed by atoms with Gasteiger partial charge >= 0.3 is 0 Å². The zero-order valence-electron chi connectivity index (χ0n) is 12.1. The van der Waals surface area contributed by atoms with E-state index in [1.807, 2.05) is 38.1 Å². The number of carbonyl (C=O) groups is 1. The van der Waals surface area contributed by atoms with Gasteiger partial charge in [-0.1, -0.05) is 18.2 Å². The number of ether oxygens (including phenoxy) is 2. The van der Waals surface area contributed by atoms with Gasteiger partial charge in [-0.3, -0.25) is 4.79 Å². The van der Waals surface area contributed by atoms with Gasteiger partial charge in [0.15, 0.2) is 18.1 Å². The van der Waals surface area contributed by atoms with Crippen LogP contribution in [0, 0.1) is 6.92 Å². The molecule has 0 bridgehead atoms. The maximum absolute atomic E-state index is 11.8. The summed E-state index contributed by atoms with van der Waals surface area (Å²) in [5.41, 5.74) is 0.843. The Labute approximate surface area is 123 Å². The number of hydrogen-bond donors (Lipinski definition) is 1. The maximum atomic E-state index is 11.8. The first-order valence-corrected chi connectivity index (χ1v) is 6.77. The summed E-state index contributed by atoms with van der Waals surface area (Å²) in [7, 11) is 0. The van der Waals surface area contributed by atoms with E-state index >= 15 is 0 Å². The van der Waals surface area contributed by atoms with Crippen LogP contribution >= 0.6 is 0 Å². The zero-order valence-corrected chi connectivity index (χ0v) is 12.1. The van der Waals surface area contributed by atoms with Gasteiger partial charge in [-0.2, -0.15) is 0 Å². The molecule has 1 N–H and O–H groups in total. The molecule has 5 nitrogen and oxygen atoms in total. The van der Waals surface area contributed by atoms with E-state index in [1.165, 1.54) is 0 Å². The van der Waals surface area contributed by atoms with Crippen molar-refractivity contribution in [2.24, 2.45) is 0 Å². The van der Waals surface area contributed by atoms with Crippen LogP contribution in [-0.4, -0.2) is 24.1 Å². The van der Waals surface area contributed by atoms with Gasteiger partial charge in [0.2, 0.25) is 0 Å². The van der Waals surface area contributed by atoms with Crippen molar-refractivity contribution >= 4 is 11.7 Å². The van der Waals surface area contributed by atoms with Crippen molar-refractivity contribution in [3.63, 3.8) is 0 Å². The molecule has 0 fully saturated rings. The number of para-hydroxylation sites is 2. The highest BCUT2D eigenvalue weighted by Gasteiger charge is 2.08. The van der Waals surface area contributed by atoms with Crippen molar-refractivity contribution in [1.82, 2.24) is 4.98 Å². The topological polar surface area (TPSA) is 60.5 Å². The number of anilines is 1. The van der Waals surface area contributed by atoms with E-state index in [0.29, 0.717) is 23.9 Å². The third-order valence-corrected chi connectivity index (χ3v) is 2.66. The lowest BCUT2D eigenvalue weighted by atomic mass is 10.3. The molecule has 2 rings (SSSR count). The highest BCUT2D eigenvalue weighted by Crippen LogP contribution is 2.26. The molecule has 2 aromatic rings. The lowest BCUT2D eigenvalue weighted by Crippen LogP contribution is -2.21. The summed E-state index contributed by atoms with van der Waals surface area (Å²) in [5, 5.41) is 2.69. The average Bonchev–Trinajstić information content (AvgIpc) is 2.47. The van der Waals surface area contributed by atoms with Gasteiger partial charge in [0.25, 0.3) is 5.91 Å². The first-order valence-electron chi connectivity index (χ1n) is 6.77. The molecule has 1 aromatic carbocycles. The maximum Gasteiger partial charge on any atom is 0.263 e. The van der Waals surface area contributed by atoms with Crippen molar-refractivity contribution in [2.45, 2.75) is 13.8 Å². The number of nitrogens with zero attached hydrogens (tertiary/aromatic N) is 1. The van der Waals surface area contributed by atoms with Gasteiger partial charge in [-0.25, -0.2) is 4.98 Å². The van der Waals surface area contributed by atoms with Crippen molar-refractivity contribution in [3.8, 4) is 11.5 Å². The van der Waals surface area contributed by atoms with Crippen LogP contribution in [0.2, 0.25) is 0 Å². The lowest BCUT2D eigenvalue weighted by molar-refractivity contribution is -0.118. The minimum Gasteiger partial charge on any atom is -0.490 e. The smallest absolute Gasteiger partial charge is 0.263 e. The van der Waals surface area contributed by atoms with E-state index in [2.05, 4.69) is 10.3 Å². The summed E-state index contributed by atoms with van der Waals surface area (Å²) in [6, 6.07) is 12.7. The first kappa shape index (κ1) is 14.8. The Balaban J connectivity index is 1.92. The third kappa shape index (κ3) is 4.49. The second-order valence-corrected chi connectivity index (χ2v) is 4.38. The summed E-state index contributed by atoms with van der Waals surface area (Å²) in [6.45, 7) is 4.21. The molecule has 0 saturated carbocycles.